The van der Waals surface area contributed by atoms with Crippen molar-refractivity contribution in [2.24, 2.45) is 11.8 Å². The Labute approximate surface area is 116 Å². The Morgan fingerprint density at radius 2 is 1.80 bits per heavy atom. The summed E-state index contributed by atoms with van der Waals surface area (Å²) in [6.45, 7) is 0.651. The first-order valence-electron chi connectivity index (χ1n) is 6.71. The minimum absolute atomic E-state index is 0.0253. The summed E-state index contributed by atoms with van der Waals surface area (Å²) in [6, 6.07) is 8.81. The number of amides is 2. The fourth-order valence-corrected chi connectivity index (χ4v) is 2.82. The van der Waals surface area contributed by atoms with Crippen molar-refractivity contribution in [3.8, 4) is 0 Å². The molecule has 1 aromatic carbocycles. The Kier molecular flexibility index (Phi) is 3.36. The van der Waals surface area contributed by atoms with E-state index >= 15 is 0 Å². The molecular formula is C15H15NO4. The molecule has 0 aliphatic carbocycles. The zero-order valence-corrected chi connectivity index (χ0v) is 11.0. The summed E-state index contributed by atoms with van der Waals surface area (Å²) >= 11 is 0. The minimum Gasteiger partial charge on any atom is -0.380 e. The molecule has 3 rings (SSSR count). The number of anilines is 1. The fourth-order valence-electron chi connectivity index (χ4n) is 2.82. The summed E-state index contributed by atoms with van der Waals surface area (Å²) in [4.78, 5) is 37.7. The van der Waals surface area contributed by atoms with Crippen LogP contribution in [0.4, 0.5) is 5.69 Å². The number of hydrogen-bond donors (Lipinski definition) is 0. The molecule has 2 atom stereocenters. The van der Waals surface area contributed by atoms with Crippen LogP contribution < -0.4 is 4.90 Å². The van der Waals surface area contributed by atoms with E-state index in [4.69, 9.17) is 4.74 Å². The van der Waals surface area contributed by atoms with E-state index in [1.807, 2.05) is 6.07 Å². The van der Waals surface area contributed by atoms with Crippen molar-refractivity contribution in [3.05, 3.63) is 30.3 Å². The van der Waals surface area contributed by atoms with Crippen LogP contribution in [0.15, 0.2) is 30.3 Å². The van der Waals surface area contributed by atoms with Crippen LogP contribution in [-0.4, -0.2) is 30.8 Å². The number of hydrogen-bond acceptors (Lipinski definition) is 4. The van der Waals surface area contributed by atoms with Gasteiger partial charge in [-0.25, -0.2) is 0 Å². The van der Waals surface area contributed by atoms with E-state index in [-0.39, 0.29) is 30.6 Å². The van der Waals surface area contributed by atoms with E-state index < -0.39 is 11.8 Å². The average Bonchev–Trinajstić information content (AvgIpc) is 2.75. The maximum Gasteiger partial charge on any atom is 0.238 e. The number of carbonyl (C=O) groups is 3. The molecule has 0 saturated carbocycles. The third-order valence-corrected chi connectivity index (χ3v) is 3.89. The molecule has 1 aromatic rings. The van der Waals surface area contributed by atoms with Gasteiger partial charge in [-0.15, -0.1) is 0 Å². The van der Waals surface area contributed by atoms with E-state index in [0.29, 0.717) is 18.7 Å². The molecule has 2 fully saturated rings. The maximum atomic E-state index is 12.5. The summed E-state index contributed by atoms with van der Waals surface area (Å²) < 4.78 is 5.29. The number of benzene rings is 1. The van der Waals surface area contributed by atoms with Gasteiger partial charge in [0.2, 0.25) is 11.8 Å². The number of ketones is 1. The number of Topliss-reactive ketones (excluding diaryl/α,β-unsaturated/α-hetero) is 1. The van der Waals surface area contributed by atoms with Crippen LogP contribution in [0.5, 0.6) is 0 Å². The van der Waals surface area contributed by atoms with Gasteiger partial charge in [-0.1, -0.05) is 18.2 Å². The molecule has 2 heterocycles. The quantitative estimate of drug-likeness (QED) is 0.759. The van der Waals surface area contributed by atoms with Crippen molar-refractivity contribution in [2.75, 3.05) is 18.1 Å². The largest absolute Gasteiger partial charge is 0.380 e. The lowest BCUT2D eigenvalue weighted by Gasteiger charge is -2.24. The van der Waals surface area contributed by atoms with Gasteiger partial charge in [0.25, 0.3) is 0 Å². The van der Waals surface area contributed by atoms with Crippen LogP contribution in [0, 0.1) is 11.8 Å². The second kappa shape index (κ2) is 5.17. The first-order valence-corrected chi connectivity index (χ1v) is 6.71. The van der Waals surface area contributed by atoms with E-state index in [2.05, 4.69) is 0 Å². The Balaban J connectivity index is 1.85. The van der Waals surface area contributed by atoms with Crippen molar-refractivity contribution in [3.63, 3.8) is 0 Å². The van der Waals surface area contributed by atoms with Gasteiger partial charge in [-0.3, -0.25) is 19.3 Å². The van der Waals surface area contributed by atoms with Crippen molar-refractivity contribution in [2.45, 2.75) is 12.8 Å². The lowest BCUT2D eigenvalue weighted by atomic mass is 9.85. The van der Waals surface area contributed by atoms with Gasteiger partial charge in [0, 0.05) is 12.8 Å². The average molecular weight is 273 g/mol. The molecule has 0 bridgehead atoms. The molecule has 2 aliphatic heterocycles. The second-order valence-corrected chi connectivity index (χ2v) is 5.11. The van der Waals surface area contributed by atoms with Gasteiger partial charge in [0.15, 0.2) is 0 Å². The first kappa shape index (κ1) is 13.0. The van der Waals surface area contributed by atoms with Gasteiger partial charge >= 0.3 is 0 Å². The van der Waals surface area contributed by atoms with E-state index in [1.165, 1.54) is 4.90 Å². The molecular weight excluding hydrogens is 258 g/mol. The normalized spacial score (nSPS) is 27.2. The highest BCUT2D eigenvalue weighted by Crippen LogP contribution is 2.33. The van der Waals surface area contributed by atoms with Gasteiger partial charge in [0.05, 0.1) is 30.7 Å². The van der Waals surface area contributed by atoms with Gasteiger partial charge < -0.3 is 4.74 Å². The molecule has 0 aromatic heterocycles. The molecule has 2 unspecified atom stereocenters. The molecule has 104 valence electrons. The SMILES string of the molecule is O=C1CCOCC1C1CC(=O)N(c2ccccc2)C1=O. The zero-order valence-electron chi connectivity index (χ0n) is 11.0. The second-order valence-electron chi connectivity index (χ2n) is 5.11. The Hall–Kier alpha value is -2.01. The number of imide groups is 1. The van der Waals surface area contributed by atoms with Crippen LogP contribution in [0.3, 0.4) is 0 Å². The zero-order chi connectivity index (χ0) is 14.1. The summed E-state index contributed by atoms with van der Waals surface area (Å²) in [5, 5.41) is 0. The van der Waals surface area contributed by atoms with E-state index in [0.717, 1.165) is 0 Å². The molecule has 5 heteroatoms. The lowest BCUT2D eigenvalue weighted by molar-refractivity contribution is -0.138. The number of carbonyl (C=O) groups excluding carboxylic acids is 3. The third kappa shape index (κ3) is 2.14. The third-order valence-electron chi connectivity index (χ3n) is 3.89. The highest BCUT2D eigenvalue weighted by molar-refractivity contribution is 6.21. The minimum atomic E-state index is -0.574. The van der Waals surface area contributed by atoms with Gasteiger partial charge in [0.1, 0.15) is 5.78 Å². The topological polar surface area (TPSA) is 63.7 Å². The number of rotatable bonds is 2. The summed E-state index contributed by atoms with van der Waals surface area (Å²) in [5.41, 5.74) is 0.564. The smallest absolute Gasteiger partial charge is 0.238 e. The van der Waals surface area contributed by atoms with Crippen molar-refractivity contribution < 1.29 is 19.1 Å². The lowest BCUT2D eigenvalue weighted by Crippen LogP contribution is -2.38. The highest BCUT2D eigenvalue weighted by Gasteiger charge is 2.46. The van der Waals surface area contributed by atoms with Gasteiger partial charge in [-0.05, 0) is 12.1 Å². The van der Waals surface area contributed by atoms with Crippen LogP contribution in [-0.2, 0) is 19.1 Å². The van der Waals surface area contributed by atoms with E-state index in [1.54, 1.807) is 24.3 Å². The van der Waals surface area contributed by atoms with E-state index in [9.17, 15) is 14.4 Å². The Bertz CT molecular complexity index is 554. The van der Waals surface area contributed by atoms with Crippen molar-refractivity contribution in [1.29, 1.82) is 0 Å². The molecule has 2 amide bonds. The molecule has 5 nitrogen and oxygen atoms in total. The number of nitrogens with zero attached hydrogens (tertiary/aromatic N) is 1. The Morgan fingerprint density at radius 1 is 1.05 bits per heavy atom. The van der Waals surface area contributed by atoms with Crippen molar-refractivity contribution in [1.82, 2.24) is 0 Å². The predicted molar refractivity (Wildman–Crippen MR) is 71.0 cm³/mol. The van der Waals surface area contributed by atoms with Crippen LogP contribution >= 0.6 is 0 Å². The van der Waals surface area contributed by atoms with Crippen molar-refractivity contribution >= 4 is 23.3 Å². The molecule has 0 spiro atoms. The maximum absolute atomic E-state index is 12.5. The molecule has 2 aliphatic rings. The number of ether oxygens (including phenoxy) is 1. The van der Waals surface area contributed by atoms with Crippen LogP contribution in [0.25, 0.3) is 0 Å². The molecule has 0 N–H and O–H groups in total. The predicted octanol–water partition coefficient (Wildman–Crippen LogP) is 1.17. The highest BCUT2D eigenvalue weighted by atomic mass is 16.5. The molecule has 0 radical (unpaired) electrons. The number of para-hydroxylation sites is 1. The standard InChI is InChI=1S/C15H15NO4/c17-13-6-7-20-9-12(13)11-8-14(18)16(15(11)19)10-4-2-1-3-5-10/h1-5,11-12H,6-9H2. The summed E-state index contributed by atoms with van der Waals surface area (Å²) in [5.74, 6) is -1.56. The Morgan fingerprint density at radius 3 is 2.50 bits per heavy atom. The summed E-state index contributed by atoms with van der Waals surface area (Å²) in [7, 11) is 0. The molecule has 2 saturated heterocycles. The van der Waals surface area contributed by atoms with Crippen LogP contribution in [0.1, 0.15) is 12.8 Å². The van der Waals surface area contributed by atoms with Gasteiger partial charge in [-0.2, -0.15) is 0 Å². The monoisotopic (exact) mass is 273 g/mol. The summed E-state index contributed by atoms with van der Waals surface area (Å²) in [6.07, 6.45) is 0.418. The van der Waals surface area contributed by atoms with Crippen LogP contribution in [0.2, 0.25) is 0 Å². The fraction of sp³-hybridized carbons (Fsp3) is 0.400. The molecule has 20 heavy (non-hydrogen) atoms. The first-order chi connectivity index (χ1) is 9.68.